The lowest BCUT2D eigenvalue weighted by Gasteiger charge is -2.09. The molecule has 0 bridgehead atoms. The maximum absolute atomic E-state index is 5.38. The molecule has 0 amide bonds. The van der Waals surface area contributed by atoms with Crippen LogP contribution in [0.2, 0.25) is 0 Å². The van der Waals surface area contributed by atoms with E-state index in [2.05, 4.69) is 209 Å². The van der Waals surface area contributed by atoms with Crippen molar-refractivity contribution in [2.45, 2.75) is 0 Å². The predicted octanol–water partition coefficient (Wildman–Crippen LogP) is 14.0. The van der Waals surface area contributed by atoms with Crippen molar-refractivity contribution >= 4 is 54.9 Å². The van der Waals surface area contributed by atoms with Crippen LogP contribution in [0, 0.1) is 0 Å². The summed E-state index contributed by atoms with van der Waals surface area (Å²) < 4.78 is 4.90. The molecule has 0 unspecified atom stereocenters. The highest BCUT2D eigenvalue weighted by atomic mass is 32.1. The molecule has 0 aliphatic carbocycles. The second kappa shape index (κ2) is 12.8. The zero-order chi connectivity index (χ0) is 36.3. The third-order valence-corrected chi connectivity index (χ3v) is 11.9. The van der Waals surface area contributed by atoms with Gasteiger partial charge in [0, 0.05) is 38.4 Å². The van der Waals surface area contributed by atoms with Crippen LogP contribution in [0.5, 0.6) is 0 Å². The van der Waals surface area contributed by atoms with E-state index in [0.717, 1.165) is 43.6 Å². The van der Waals surface area contributed by atoms with Crippen LogP contribution in [0.3, 0.4) is 0 Å². The fourth-order valence-corrected chi connectivity index (χ4v) is 9.39. The monoisotopic (exact) mass is 719 g/mol. The number of nitrogens with zero attached hydrogens (tertiary/aromatic N) is 3. The van der Waals surface area contributed by atoms with Crippen LogP contribution in [-0.4, -0.2) is 14.1 Å². The van der Waals surface area contributed by atoms with Gasteiger partial charge in [0.25, 0.3) is 0 Å². The highest BCUT2D eigenvalue weighted by Gasteiger charge is 2.25. The highest BCUT2D eigenvalue weighted by molar-refractivity contribution is 7.18. The van der Waals surface area contributed by atoms with Gasteiger partial charge in [-0.2, -0.15) is 0 Å². The van der Waals surface area contributed by atoms with Crippen molar-refractivity contribution in [2.75, 3.05) is 0 Å². The SMILES string of the molecule is c1ccc(-c2ccc3c(c2)c2c4c5cc(-c6ccccc6)ccc5n(-c5sc(-c6ccccc6)nc5-c5ccccc5)c4ccc2n3-c2ccccc2)cc1. The fraction of sp³-hybridized carbons (Fsp3) is 0. The van der Waals surface area contributed by atoms with E-state index in [1.807, 2.05) is 0 Å². The smallest absolute Gasteiger partial charge is 0.129 e. The van der Waals surface area contributed by atoms with E-state index in [4.69, 9.17) is 4.98 Å². The van der Waals surface area contributed by atoms with Gasteiger partial charge < -0.3 is 4.57 Å². The Morgan fingerprint density at radius 1 is 0.345 bits per heavy atom. The third kappa shape index (κ3) is 5.14. The first-order valence-electron chi connectivity index (χ1n) is 18.6. The van der Waals surface area contributed by atoms with Crippen molar-refractivity contribution in [1.82, 2.24) is 14.1 Å². The molecule has 55 heavy (non-hydrogen) atoms. The lowest BCUT2D eigenvalue weighted by Crippen LogP contribution is -1.95. The lowest BCUT2D eigenvalue weighted by molar-refractivity contribution is 1.18. The second-order valence-corrected chi connectivity index (χ2v) is 14.9. The first-order chi connectivity index (χ1) is 27.3. The molecule has 3 nitrogen and oxygen atoms in total. The Balaban J connectivity index is 1.31. The van der Waals surface area contributed by atoms with Crippen LogP contribution in [0.15, 0.2) is 200 Å². The fourth-order valence-electron chi connectivity index (χ4n) is 8.27. The number of rotatable bonds is 6. The van der Waals surface area contributed by atoms with Crippen molar-refractivity contribution in [1.29, 1.82) is 0 Å². The molecule has 3 aromatic heterocycles. The maximum Gasteiger partial charge on any atom is 0.129 e. The molecule has 0 N–H and O–H groups in total. The molecule has 3 heterocycles. The number of aromatic nitrogens is 3. The Bertz CT molecular complexity index is 3160. The zero-order valence-corrected chi connectivity index (χ0v) is 30.6. The van der Waals surface area contributed by atoms with Gasteiger partial charge in [0.15, 0.2) is 0 Å². The third-order valence-electron chi connectivity index (χ3n) is 10.8. The molecular formula is C51H33N3S. The average Bonchev–Trinajstić information content (AvgIpc) is 3.95. The molecule has 0 fully saturated rings. The molecule has 258 valence electrons. The maximum atomic E-state index is 5.38. The number of benzene rings is 8. The summed E-state index contributed by atoms with van der Waals surface area (Å²) in [7, 11) is 0. The van der Waals surface area contributed by atoms with Crippen LogP contribution in [0.25, 0.3) is 98.4 Å². The molecule has 0 saturated heterocycles. The largest absolute Gasteiger partial charge is 0.309 e. The number of fused-ring (bicyclic) bond motifs is 7. The summed E-state index contributed by atoms with van der Waals surface area (Å²) in [5.41, 5.74) is 13.8. The second-order valence-electron chi connectivity index (χ2n) is 14.0. The molecule has 8 aromatic carbocycles. The van der Waals surface area contributed by atoms with Gasteiger partial charge >= 0.3 is 0 Å². The Morgan fingerprint density at radius 3 is 1.29 bits per heavy atom. The first kappa shape index (κ1) is 31.5. The summed E-state index contributed by atoms with van der Waals surface area (Å²) in [4.78, 5) is 5.38. The molecule has 0 atom stereocenters. The van der Waals surface area contributed by atoms with Gasteiger partial charge in [-0.15, -0.1) is 0 Å². The van der Waals surface area contributed by atoms with E-state index in [0.29, 0.717) is 0 Å². The molecule has 4 heteroatoms. The molecule has 0 aliphatic rings. The van der Waals surface area contributed by atoms with Gasteiger partial charge in [-0.1, -0.05) is 163 Å². The van der Waals surface area contributed by atoms with Crippen molar-refractivity contribution in [2.24, 2.45) is 0 Å². The minimum Gasteiger partial charge on any atom is -0.309 e. The summed E-state index contributed by atoms with van der Waals surface area (Å²) in [6.45, 7) is 0. The lowest BCUT2D eigenvalue weighted by atomic mass is 9.99. The Hall–Kier alpha value is -7.01. The number of para-hydroxylation sites is 1. The Morgan fingerprint density at radius 2 is 0.764 bits per heavy atom. The summed E-state index contributed by atoms with van der Waals surface area (Å²) in [5.74, 6) is 0. The number of hydrogen-bond donors (Lipinski definition) is 0. The van der Waals surface area contributed by atoms with E-state index in [-0.39, 0.29) is 0 Å². The van der Waals surface area contributed by atoms with E-state index in [1.165, 1.54) is 54.8 Å². The van der Waals surface area contributed by atoms with Crippen molar-refractivity contribution in [3.8, 4) is 54.8 Å². The molecule has 0 saturated carbocycles. The quantitative estimate of drug-likeness (QED) is 0.168. The predicted molar refractivity (Wildman–Crippen MR) is 233 cm³/mol. The van der Waals surface area contributed by atoms with E-state index < -0.39 is 0 Å². The Kier molecular flexibility index (Phi) is 7.35. The summed E-state index contributed by atoms with van der Waals surface area (Å²) >= 11 is 1.75. The number of hydrogen-bond acceptors (Lipinski definition) is 2. The highest BCUT2D eigenvalue weighted by Crippen LogP contribution is 2.47. The summed E-state index contributed by atoms with van der Waals surface area (Å²) in [5, 5.41) is 7.04. The van der Waals surface area contributed by atoms with E-state index in [1.54, 1.807) is 11.3 Å². The molecule has 11 rings (SSSR count). The van der Waals surface area contributed by atoms with Gasteiger partial charge in [0.2, 0.25) is 0 Å². The minimum atomic E-state index is 0.980. The van der Waals surface area contributed by atoms with Gasteiger partial charge in [0.1, 0.15) is 15.7 Å². The van der Waals surface area contributed by atoms with Crippen LogP contribution in [0.1, 0.15) is 0 Å². The first-order valence-corrected chi connectivity index (χ1v) is 19.5. The molecule has 11 aromatic rings. The minimum absolute atomic E-state index is 0.980. The average molecular weight is 720 g/mol. The van der Waals surface area contributed by atoms with Crippen molar-refractivity contribution in [3.05, 3.63) is 200 Å². The summed E-state index contributed by atoms with van der Waals surface area (Å²) in [6, 6.07) is 72.0. The summed E-state index contributed by atoms with van der Waals surface area (Å²) in [6.07, 6.45) is 0. The topological polar surface area (TPSA) is 22.8 Å². The van der Waals surface area contributed by atoms with Crippen LogP contribution in [0.4, 0.5) is 0 Å². The van der Waals surface area contributed by atoms with Gasteiger partial charge in [-0.3, -0.25) is 4.57 Å². The standard InChI is InChI=1S/C51H33N3S/c1-6-16-34(17-7-1)38-26-28-43-41(32-38)47-45(53(43)40-24-14-5-15-25-40)30-31-46-48(47)42-33-39(35-18-8-2-9-19-35)27-29-44(42)54(46)51-49(36-20-10-3-11-21-36)52-50(55-51)37-22-12-4-13-23-37/h1-33H. The zero-order valence-electron chi connectivity index (χ0n) is 29.8. The Labute approximate surface area is 322 Å². The van der Waals surface area contributed by atoms with Gasteiger partial charge in [0.05, 0.1) is 22.1 Å². The van der Waals surface area contributed by atoms with E-state index >= 15 is 0 Å². The van der Waals surface area contributed by atoms with Crippen LogP contribution in [-0.2, 0) is 0 Å². The number of thiazole rings is 1. The van der Waals surface area contributed by atoms with Crippen molar-refractivity contribution in [3.63, 3.8) is 0 Å². The molecular weight excluding hydrogens is 687 g/mol. The molecule has 0 radical (unpaired) electrons. The van der Waals surface area contributed by atoms with E-state index in [9.17, 15) is 0 Å². The normalized spacial score (nSPS) is 11.6. The van der Waals surface area contributed by atoms with Crippen molar-refractivity contribution < 1.29 is 0 Å². The molecule has 0 aliphatic heterocycles. The van der Waals surface area contributed by atoms with Crippen LogP contribution >= 0.6 is 11.3 Å². The molecule has 0 spiro atoms. The van der Waals surface area contributed by atoms with Gasteiger partial charge in [-0.05, 0) is 70.8 Å². The van der Waals surface area contributed by atoms with Gasteiger partial charge in [-0.25, -0.2) is 4.98 Å². The van der Waals surface area contributed by atoms with Crippen LogP contribution < -0.4 is 0 Å².